The molecular formula is C15H15NO3. The van der Waals surface area contributed by atoms with Gasteiger partial charge in [0.1, 0.15) is 17.1 Å². The van der Waals surface area contributed by atoms with Crippen molar-refractivity contribution in [3.8, 4) is 11.5 Å². The highest BCUT2D eigenvalue weighted by Crippen LogP contribution is 2.30. The first-order chi connectivity index (χ1) is 9.17. The van der Waals surface area contributed by atoms with Crippen LogP contribution in [0.2, 0.25) is 0 Å². The van der Waals surface area contributed by atoms with Crippen molar-refractivity contribution in [3.63, 3.8) is 0 Å². The second-order valence-corrected chi connectivity index (χ2v) is 4.05. The van der Waals surface area contributed by atoms with E-state index in [9.17, 15) is 4.79 Å². The van der Waals surface area contributed by atoms with Gasteiger partial charge in [0.2, 0.25) is 5.78 Å². The van der Waals surface area contributed by atoms with Crippen LogP contribution in [-0.2, 0) is 0 Å². The van der Waals surface area contributed by atoms with E-state index < -0.39 is 0 Å². The Morgan fingerprint density at radius 3 is 2.26 bits per heavy atom. The van der Waals surface area contributed by atoms with Crippen LogP contribution in [0.3, 0.4) is 0 Å². The monoisotopic (exact) mass is 257 g/mol. The number of nitrogens with zero attached hydrogens (tertiary/aromatic N) is 1. The Labute approximate surface area is 112 Å². The third kappa shape index (κ3) is 2.57. The van der Waals surface area contributed by atoms with Gasteiger partial charge >= 0.3 is 0 Å². The number of rotatable bonds is 4. The topological polar surface area (TPSA) is 48.4 Å². The van der Waals surface area contributed by atoms with E-state index in [-0.39, 0.29) is 5.78 Å². The molecule has 0 aliphatic rings. The SMILES string of the molecule is COc1cccc(OC)c1C(=O)c1ccnc(C)c1. The molecule has 0 atom stereocenters. The standard InChI is InChI=1S/C15H15NO3/c1-10-9-11(7-8-16-10)15(17)14-12(18-2)5-4-6-13(14)19-3/h4-9H,1-3H3. The summed E-state index contributed by atoms with van der Waals surface area (Å²) in [4.78, 5) is 16.7. The maximum atomic E-state index is 12.6. The predicted octanol–water partition coefficient (Wildman–Crippen LogP) is 2.64. The molecule has 4 heteroatoms. The third-order valence-electron chi connectivity index (χ3n) is 2.81. The normalized spacial score (nSPS) is 10.1. The fourth-order valence-electron chi connectivity index (χ4n) is 1.91. The van der Waals surface area contributed by atoms with Gasteiger partial charge in [0, 0.05) is 17.5 Å². The molecule has 1 aromatic carbocycles. The molecule has 0 fully saturated rings. The van der Waals surface area contributed by atoms with Gasteiger partial charge in [-0.3, -0.25) is 9.78 Å². The van der Waals surface area contributed by atoms with E-state index in [4.69, 9.17) is 9.47 Å². The summed E-state index contributed by atoms with van der Waals surface area (Å²) in [6.45, 7) is 1.84. The Kier molecular flexibility index (Phi) is 3.80. The number of hydrogen-bond donors (Lipinski definition) is 0. The lowest BCUT2D eigenvalue weighted by Gasteiger charge is -2.12. The molecule has 0 aliphatic heterocycles. The summed E-state index contributed by atoms with van der Waals surface area (Å²) in [5, 5.41) is 0. The summed E-state index contributed by atoms with van der Waals surface area (Å²) in [6, 6.07) is 8.69. The number of pyridine rings is 1. The number of aryl methyl sites for hydroxylation is 1. The van der Waals surface area contributed by atoms with Crippen LogP contribution in [0.1, 0.15) is 21.6 Å². The third-order valence-corrected chi connectivity index (χ3v) is 2.81. The molecule has 1 heterocycles. The molecule has 0 bridgehead atoms. The highest BCUT2D eigenvalue weighted by Gasteiger charge is 2.19. The summed E-state index contributed by atoms with van der Waals surface area (Å²) in [5.41, 5.74) is 1.79. The van der Waals surface area contributed by atoms with Gasteiger partial charge in [-0.1, -0.05) is 6.07 Å². The Balaban J connectivity index is 2.55. The molecule has 0 unspecified atom stereocenters. The summed E-state index contributed by atoms with van der Waals surface area (Å²) in [7, 11) is 3.06. The molecular weight excluding hydrogens is 242 g/mol. The first-order valence-electron chi connectivity index (χ1n) is 5.85. The highest BCUT2D eigenvalue weighted by molar-refractivity contribution is 6.12. The Bertz CT molecular complexity index is 586. The van der Waals surface area contributed by atoms with Crippen molar-refractivity contribution in [1.82, 2.24) is 4.98 Å². The van der Waals surface area contributed by atoms with E-state index in [2.05, 4.69) is 4.98 Å². The van der Waals surface area contributed by atoms with E-state index >= 15 is 0 Å². The minimum atomic E-state index is -0.139. The first kappa shape index (κ1) is 13.1. The molecule has 0 saturated carbocycles. The first-order valence-corrected chi connectivity index (χ1v) is 5.85. The largest absolute Gasteiger partial charge is 0.496 e. The molecule has 0 radical (unpaired) electrons. The number of ether oxygens (including phenoxy) is 2. The van der Waals surface area contributed by atoms with Crippen molar-refractivity contribution in [2.45, 2.75) is 6.92 Å². The molecule has 0 saturated heterocycles. The number of ketones is 1. The molecule has 98 valence electrons. The van der Waals surface area contributed by atoms with Crippen molar-refractivity contribution in [3.05, 3.63) is 53.3 Å². The van der Waals surface area contributed by atoms with Crippen LogP contribution < -0.4 is 9.47 Å². The maximum Gasteiger partial charge on any atom is 0.200 e. The van der Waals surface area contributed by atoms with E-state index in [0.29, 0.717) is 22.6 Å². The molecule has 19 heavy (non-hydrogen) atoms. The molecule has 4 nitrogen and oxygen atoms in total. The van der Waals surface area contributed by atoms with E-state index in [0.717, 1.165) is 5.69 Å². The Morgan fingerprint density at radius 1 is 1.11 bits per heavy atom. The highest BCUT2D eigenvalue weighted by atomic mass is 16.5. The second kappa shape index (κ2) is 5.52. The van der Waals surface area contributed by atoms with Gasteiger partial charge in [0.25, 0.3) is 0 Å². The van der Waals surface area contributed by atoms with Crippen molar-refractivity contribution < 1.29 is 14.3 Å². The van der Waals surface area contributed by atoms with E-state index in [1.54, 1.807) is 36.5 Å². The van der Waals surface area contributed by atoms with Crippen molar-refractivity contribution in [2.75, 3.05) is 14.2 Å². The van der Waals surface area contributed by atoms with Crippen LogP contribution >= 0.6 is 0 Å². The minimum absolute atomic E-state index is 0.139. The zero-order valence-electron chi connectivity index (χ0n) is 11.1. The fourth-order valence-corrected chi connectivity index (χ4v) is 1.91. The molecule has 0 N–H and O–H groups in total. The molecule has 2 aromatic rings. The second-order valence-electron chi connectivity index (χ2n) is 4.05. The predicted molar refractivity (Wildman–Crippen MR) is 72.0 cm³/mol. The van der Waals surface area contributed by atoms with Crippen LogP contribution in [0.5, 0.6) is 11.5 Å². The number of benzene rings is 1. The number of hydrogen-bond acceptors (Lipinski definition) is 4. The maximum absolute atomic E-state index is 12.6. The minimum Gasteiger partial charge on any atom is -0.496 e. The lowest BCUT2D eigenvalue weighted by Crippen LogP contribution is -2.07. The summed E-state index contributed by atoms with van der Waals surface area (Å²) in [6.07, 6.45) is 1.62. The average molecular weight is 257 g/mol. The number of carbonyl (C=O) groups is 1. The van der Waals surface area contributed by atoms with E-state index in [1.165, 1.54) is 14.2 Å². The van der Waals surface area contributed by atoms with Crippen LogP contribution in [0, 0.1) is 6.92 Å². The van der Waals surface area contributed by atoms with E-state index in [1.807, 2.05) is 6.92 Å². The lowest BCUT2D eigenvalue weighted by molar-refractivity contribution is 0.103. The number of carbonyl (C=O) groups excluding carboxylic acids is 1. The summed E-state index contributed by atoms with van der Waals surface area (Å²) < 4.78 is 10.5. The zero-order chi connectivity index (χ0) is 13.8. The Morgan fingerprint density at radius 2 is 1.74 bits per heavy atom. The van der Waals surface area contributed by atoms with Crippen LogP contribution in [0.4, 0.5) is 0 Å². The summed E-state index contributed by atoms with van der Waals surface area (Å²) >= 11 is 0. The fraction of sp³-hybridized carbons (Fsp3) is 0.200. The smallest absolute Gasteiger partial charge is 0.200 e. The summed E-state index contributed by atoms with van der Waals surface area (Å²) in [5.74, 6) is 0.859. The van der Waals surface area contributed by atoms with Crippen LogP contribution in [-0.4, -0.2) is 25.0 Å². The average Bonchev–Trinajstić information content (AvgIpc) is 2.45. The van der Waals surface area contributed by atoms with Gasteiger partial charge in [0.15, 0.2) is 0 Å². The van der Waals surface area contributed by atoms with Gasteiger partial charge in [-0.25, -0.2) is 0 Å². The van der Waals surface area contributed by atoms with Gasteiger partial charge in [-0.15, -0.1) is 0 Å². The van der Waals surface area contributed by atoms with Crippen molar-refractivity contribution in [2.24, 2.45) is 0 Å². The Hall–Kier alpha value is -2.36. The lowest BCUT2D eigenvalue weighted by atomic mass is 10.0. The molecule has 0 aliphatic carbocycles. The molecule has 0 spiro atoms. The molecule has 1 aromatic heterocycles. The van der Waals surface area contributed by atoms with Crippen molar-refractivity contribution >= 4 is 5.78 Å². The quantitative estimate of drug-likeness (QED) is 0.790. The van der Waals surface area contributed by atoms with Gasteiger partial charge in [-0.05, 0) is 31.2 Å². The molecule has 0 amide bonds. The van der Waals surface area contributed by atoms with Gasteiger partial charge in [0.05, 0.1) is 14.2 Å². The number of aromatic nitrogens is 1. The molecule has 2 rings (SSSR count). The zero-order valence-corrected chi connectivity index (χ0v) is 11.1. The van der Waals surface area contributed by atoms with Gasteiger partial charge in [-0.2, -0.15) is 0 Å². The van der Waals surface area contributed by atoms with Crippen LogP contribution in [0.15, 0.2) is 36.5 Å². The van der Waals surface area contributed by atoms with Crippen molar-refractivity contribution in [1.29, 1.82) is 0 Å². The van der Waals surface area contributed by atoms with Gasteiger partial charge < -0.3 is 9.47 Å². The van der Waals surface area contributed by atoms with Crippen LogP contribution in [0.25, 0.3) is 0 Å². The number of methoxy groups -OCH3 is 2.